The molecule has 31 heavy (non-hydrogen) atoms. The average Bonchev–Trinajstić information content (AvgIpc) is 3.24. The number of likely N-dealkylation sites (tertiary alicyclic amines) is 1. The minimum Gasteiger partial charge on any atom is -0.491 e. The molecule has 0 aliphatic carbocycles. The molecule has 0 aromatic heterocycles. The Hall–Kier alpha value is -2.83. The van der Waals surface area contributed by atoms with E-state index >= 15 is 0 Å². The molecule has 1 heterocycles. The smallest absolute Gasteiger partial charge is 0.320 e. The first kappa shape index (κ1) is 21.4. The third-order valence-electron chi connectivity index (χ3n) is 5.36. The number of carbonyl (C=O) groups is 1. The average molecular weight is 438 g/mol. The standard InChI is InChI=1S/C25H24FNO3S/c26-20-8-4-9-21(17-20)31-24-16-19(18-6-2-1-3-7-18)11-12-23(24)30-15-14-27-13-5-10-22(27)25(28)29/h1-4,6-9,11-12,16-17,22H,5,10,13-15H2,(H,28,29). The summed E-state index contributed by atoms with van der Waals surface area (Å²) in [4.78, 5) is 15.0. The Kier molecular flexibility index (Phi) is 6.89. The van der Waals surface area contributed by atoms with E-state index in [-0.39, 0.29) is 5.82 Å². The molecule has 0 saturated carbocycles. The summed E-state index contributed by atoms with van der Waals surface area (Å²) in [5.41, 5.74) is 2.15. The highest BCUT2D eigenvalue weighted by Gasteiger charge is 2.30. The van der Waals surface area contributed by atoms with Gasteiger partial charge in [-0.2, -0.15) is 0 Å². The Bertz CT molecular complexity index is 1040. The van der Waals surface area contributed by atoms with Crippen molar-refractivity contribution in [1.29, 1.82) is 0 Å². The quantitative estimate of drug-likeness (QED) is 0.499. The fraction of sp³-hybridized carbons (Fsp3) is 0.240. The van der Waals surface area contributed by atoms with E-state index in [9.17, 15) is 14.3 Å². The van der Waals surface area contributed by atoms with Crippen LogP contribution in [0.3, 0.4) is 0 Å². The van der Waals surface area contributed by atoms with Crippen LogP contribution < -0.4 is 4.74 Å². The van der Waals surface area contributed by atoms with Crippen LogP contribution in [0.25, 0.3) is 11.1 Å². The monoisotopic (exact) mass is 437 g/mol. The molecule has 1 saturated heterocycles. The number of carboxylic acids is 1. The summed E-state index contributed by atoms with van der Waals surface area (Å²) >= 11 is 1.45. The predicted octanol–water partition coefficient (Wildman–Crippen LogP) is 5.57. The Morgan fingerprint density at radius 3 is 2.68 bits per heavy atom. The van der Waals surface area contributed by atoms with Crippen LogP contribution in [0.1, 0.15) is 12.8 Å². The maximum atomic E-state index is 13.7. The zero-order valence-corrected chi connectivity index (χ0v) is 17.9. The van der Waals surface area contributed by atoms with E-state index in [4.69, 9.17) is 4.74 Å². The summed E-state index contributed by atoms with van der Waals surface area (Å²) in [6.45, 7) is 1.73. The molecule has 1 aliphatic rings. The van der Waals surface area contributed by atoms with Gasteiger partial charge in [-0.1, -0.05) is 54.2 Å². The van der Waals surface area contributed by atoms with E-state index in [0.29, 0.717) is 25.3 Å². The van der Waals surface area contributed by atoms with Crippen molar-refractivity contribution in [3.05, 3.63) is 78.6 Å². The van der Waals surface area contributed by atoms with Gasteiger partial charge in [0.05, 0.1) is 4.90 Å². The van der Waals surface area contributed by atoms with Gasteiger partial charge in [0, 0.05) is 11.4 Å². The maximum Gasteiger partial charge on any atom is 0.320 e. The van der Waals surface area contributed by atoms with Crippen LogP contribution in [-0.2, 0) is 4.79 Å². The minimum atomic E-state index is -0.771. The number of rotatable bonds is 8. The number of hydrogen-bond acceptors (Lipinski definition) is 4. The summed E-state index contributed by atoms with van der Waals surface area (Å²) < 4.78 is 19.8. The number of nitrogens with zero attached hydrogens (tertiary/aromatic N) is 1. The lowest BCUT2D eigenvalue weighted by Crippen LogP contribution is -2.38. The second-order valence-corrected chi connectivity index (χ2v) is 8.58. The summed E-state index contributed by atoms with van der Waals surface area (Å²) in [7, 11) is 0. The summed E-state index contributed by atoms with van der Waals surface area (Å²) in [5, 5.41) is 9.35. The van der Waals surface area contributed by atoms with Crippen molar-refractivity contribution in [2.45, 2.75) is 28.7 Å². The van der Waals surface area contributed by atoms with Crippen LogP contribution in [0, 0.1) is 5.82 Å². The molecular formula is C25H24FNO3S. The molecule has 1 fully saturated rings. The van der Waals surface area contributed by atoms with Crippen LogP contribution in [0.4, 0.5) is 4.39 Å². The molecular weight excluding hydrogens is 413 g/mol. The van der Waals surface area contributed by atoms with Crippen molar-refractivity contribution in [3.8, 4) is 16.9 Å². The van der Waals surface area contributed by atoms with E-state index < -0.39 is 12.0 Å². The molecule has 3 aromatic rings. The van der Waals surface area contributed by atoms with Gasteiger partial charge in [0.2, 0.25) is 0 Å². The van der Waals surface area contributed by atoms with Gasteiger partial charge < -0.3 is 9.84 Å². The highest BCUT2D eigenvalue weighted by molar-refractivity contribution is 7.99. The molecule has 4 nitrogen and oxygen atoms in total. The molecule has 0 radical (unpaired) electrons. The van der Waals surface area contributed by atoms with Gasteiger partial charge in [-0.25, -0.2) is 4.39 Å². The fourth-order valence-corrected chi connectivity index (χ4v) is 4.81. The number of carboxylic acid groups (broad SMARTS) is 1. The van der Waals surface area contributed by atoms with Crippen molar-refractivity contribution in [1.82, 2.24) is 4.90 Å². The van der Waals surface area contributed by atoms with Gasteiger partial charge in [0.15, 0.2) is 0 Å². The van der Waals surface area contributed by atoms with Crippen LogP contribution in [0.2, 0.25) is 0 Å². The van der Waals surface area contributed by atoms with E-state index in [1.165, 1.54) is 23.9 Å². The van der Waals surface area contributed by atoms with E-state index in [1.807, 2.05) is 53.4 Å². The molecule has 160 valence electrons. The van der Waals surface area contributed by atoms with Crippen LogP contribution in [-0.4, -0.2) is 41.7 Å². The Labute approximate surface area is 185 Å². The number of halogens is 1. The molecule has 1 unspecified atom stereocenters. The van der Waals surface area contributed by atoms with Crippen molar-refractivity contribution in [2.75, 3.05) is 19.7 Å². The topological polar surface area (TPSA) is 49.8 Å². The zero-order chi connectivity index (χ0) is 21.6. The van der Waals surface area contributed by atoms with Gasteiger partial charge in [0.25, 0.3) is 0 Å². The number of benzene rings is 3. The van der Waals surface area contributed by atoms with Gasteiger partial charge in [-0.15, -0.1) is 0 Å². The Balaban J connectivity index is 1.53. The number of hydrogen-bond donors (Lipinski definition) is 1. The van der Waals surface area contributed by atoms with E-state index in [0.717, 1.165) is 33.9 Å². The van der Waals surface area contributed by atoms with Crippen LogP contribution in [0.5, 0.6) is 5.75 Å². The normalized spacial score (nSPS) is 16.4. The third-order valence-corrected chi connectivity index (χ3v) is 6.39. The molecule has 6 heteroatoms. The first-order valence-corrected chi connectivity index (χ1v) is 11.1. The van der Waals surface area contributed by atoms with Crippen LogP contribution in [0.15, 0.2) is 82.6 Å². The highest BCUT2D eigenvalue weighted by Crippen LogP contribution is 2.38. The van der Waals surface area contributed by atoms with Crippen LogP contribution >= 0.6 is 11.8 Å². The lowest BCUT2D eigenvalue weighted by Gasteiger charge is -2.21. The van der Waals surface area contributed by atoms with Gasteiger partial charge >= 0.3 is 5.97 Å². The third kappa shape index (κ3) is 5.46. The zero-order valence-electron chi connectivity index (χ0n) is 17.0. The fourth-order valence-electron chi connectivity index (χ4n) is 3.82. The summed E-state index contributed by atoms with van der Waals surface area (Å²) in [5.74, 6) is -0.340. The second kappa shape index (κ2) is 9.98. The van der Waals surface area contributed by atoms with Crippen molar-refractivity contribution in [2.24, 2.45) is 0 Å². The second-order valence-electron chi connectivity index (χ2n) is 7.47. The summed E-state index contributed by atoms with van der Waals surface area (Å²) in [6, 6.07) is 22.1. The number of aliphatic carboxylic acids is 1. The first-order chi connectivity index (χ1) is 15.1. The van der Waals surface area contributed by atoms with Gasteiger partial charge in [-0.05, 0) is 60.8 Å². The summed E-state index contributed by atoms with van der Waals surface area (Å²) in [6.07, 6.45) is 1.57. The maximum absolute atomic E-state index is 13.7. The van der Waals surface area contributed by atoms with Crippen molar-refractivity contribution >= 4 is 17.7 Å². The molecule has 4 rings (SSSR count). The molecule has 3 aromatic carbocycles. The lowest BCUT2D eigenvalue weighted by molar-refractivity contribution is -0.142. The SMILES string of the molecule is O=C(O)C1CCCN1CCOc1ccc(-c2ccccc2)cc1Sc1cccc(F)c1. The molecule has 1 aliphatic heterocycles. The highest BCUT2D eigenvalue weighted by atomic mass is 32.2. The van der Waals surface area contributed by atoms with E-state index in [1.54, 1.807) is 6.07 Å². The lowest BCUT2D eigenvalue weighted by atomic mass is 10.1. The molecule has 0 bridgehead atoms. The predicted molar refractivity (Wildman–Crippen MR) is 120 cm³/mol. The van der Waals surface area contributed by atoms with Crippen molar-refractivity contribution < 1.29 is 19.0 Å². The van der Waals surface area contributed by atoms with Gasteiger partial charge in [0.1, 0.15) is 24.2 Å². The minimum absolute atomic E-state index is 0.277. The Morgan fingerprint density at radius 1 is 1.06 bits per heavy atom. The Morgan fingerprint density at radius 2 is 1.90 bits per heavy atom. The largest absolute Gasteiger partial charge is 0.491 e. The first-order valence-electron chi connectivity index (χ1n) is 10.3. The molecule has 1 atom stereocenters. The molecule has 1 N–H and O–H groups in total. The molecule has 0 amide bonds. The van der Waals surface area contributed by atoms with Gasteiger partial charge in [-0.3, -0.25) is 9.69 Å². The molecule has 0 spiro atoms. The van der Waals surface area contributed by atoms with Crippen molar-refractivity contribution in [3.63, 3.8) is 0 Å². The number of ether oxygens (including phenoxy) is 1. The van der Waals surface area contributed by atoms with E-state index in [2.05, 4.69) is 6.07 Å².